The third-order valence-corrected chi connectivity index (χ3v) is 5.32. The molecule has 1 aromatic carbocycles. The van der Waals surface area contributed by atoms with Gasteiger partial charge in [0.2, 0.25) is 5.13 Å². The van der Waals surface area contributed by atoms with Crippen molar-refractivity contribution >= 4 is 27.3 Å². The molecule has 0 unspecified atom stereocenters. The van der Waals surface area contributed by atoms with Crippen molar-refractivity contribution in [2.75, 3.05) is 19.8 Å². The molecule has 6 nitrogen and oxygen atoms in total. The number of H-pyrrole nitrogens is 1. The van der Waals surface area contributed by atoms with Gasteiger partial charge in [-0.2, -0.15) is 4.68 Å². The van der Waals surface area contributed by atoms with Crippen molar-refractivity contribution in [2.45, 2.75) is 40.0 Å². The fourth-order valence-corrected chi connectivity index (χ4v) is 3.94. The standard InChI is InChI=1S/C20H26N4O2S/c1-4-9-16-18(14(3)21-12-8-13-26-5-2)19(25)24(23-16)20-22-15-10-6-7-11-17(15)27-20/h6-7,10-11,23H,4-5,8-9,12-13H2,1-3H3. The van der Waals surface area contributed by atoms with Gasteiger partial charge in [-0.05, 0) is 38.8 Å². The maximum Gasteiger partial charge on any atom is 0.282 e. The molecule has 0 amide bonds. The van der Waals surface area contributed by atoms with Gasteiger partial charge in [0.1, 0.15) is 0 Å². The van der Waals surface area contributed by atoms with Crippen LogP contribution in [0.5, 0.6) is 0 Å². The number of thiazole rings is 1. The van der Waals surface area contributed by atoms with Gasteiger partial charge in [-0.25, -0.2) is 4.98 Å². The van der Waals surface area contributed by atoms with Crippen LogP contribution in [0.4, 0.5) is 0 Å². The summed E-state index contributed by atoms with van der Waals surface area (Å²) in [6, 6.07) is 7.91. The Kier molecular flexibility index (Phi) is 6.58. The summed E-state index contributed by atoms with van der Waals surface area (Å²) >= 11 is 1.51. The molecule has 0 spiro atoms. The SMILES string of the molecule is CCCc1[nH]n(-c2nc3ccccc3s2)c(=O)c1C(C)=NCCCOCC. The number of hydrogen-bond acceptors (Lipinski definition) is 5. The molecule has 0 saturated carbocycles. The maximum atomic E-state index is 13.1. The van der Waals surface area contributed by atoms with Crippen molar-refractivity contribution in [2.24, 2.45) is 4.99 Å². The number of ether oxygens (including phenoxy) is 1. The van der Waals surface area contributed by atoms with E-state index in [1.807, 2.05) is 38.1 Å². The Labute approximate surface area is 162 Å². The number of hydrogen-bond donors (Lipinski definition) is 1. The van der Waals surface area contributed by atoms with Crippen LogP contribution in [0.2, 0.25) is 0 Å². The fourth-order valence-electron chi connectivity index (χ4n) is 3.01. The number of nitrogens with zero attached hydrogens (tertiary/aromatic N) is 3. The van der Waals surface area contributed by atoms with Gasteiger partial charge in [0.05, 0.1) is 15.8 Å². The molecular formula is C20H26N4O2S. The second-order valence-corrected chi connectivity index (χ2v) is 7.35. The predicted molar refractivity (Wildman–Crippen MR) is 112 cm³/mol. The lowest BCUT2D eigenvalue weighted by Crippen LogP contribution is -2.20. The summed E-state index contributed by atoms with van der Waals surface area (Å²) in [6.45, 7) is 8.06. The zero-order valence-electron chi connectivity index (χ0n) is 16.1. The van der Waals surface area contributed by atoms with Gasteiger partial charge >= 0.3 is 0 Å². The quantitative estimate of drug-likeness (QED) is 0.447. The second-order valence-electron chi connectivity index (χ2n) is 6.34. The molecule has 7 heteroatoms. The van der Waals surface area contributed by atoms with E-state index in [-0.39, 0.29) is 5.56 Å². The molecule has 0 saturated heterocycles. The van der Waals surface area contributed by atoms with Gasteiger partial charge in [0.25, 0.3) is 5.56 Å². The molecule has 2 heterocycles. The molecule has 1 N–H and O–H groups in total. The van der Waals surface area contributed by atoms with Crippen molar-refractivity contribution < 1.29 is 4.74 Å². The van der Waals surface area contributed by atoms with Crippen LogP contribution in [0.25, 0.3) is 15.3 Å². The van der Waals surface area contributed by atoms with Crippen LogP contribution in [-0.2, 0) is 11.2 Å². The summed E-state index contributed by atoms with van der Waals surface area (Å²) in [4.78, 5) is 22.3. The number of nitrogens with one attached hydrogen (secondary N) is 1. The van der Waals surface area contributed by atoms with Crippen LogP contribution in [-0.4, -0.2) is 40.2 Å². The van der Waals surface area contributed by atoms with Gasteiger partial charge in [-0.1, -0.05) is 36.8 Å². The third kappa shape index (κ3) is 4.36. The number of para-hydroxylation sites is 1. The smallest absolute Gasteiger partial charge is 0.282 e. The predicted octanol–water partition coefficient (Wildman–Crippen LogP) is 3.96. The zero-order valence-corrected chi connectivity index (χ0v) is 16.9. The minimum Gasteiger partial charge on any atom is -0.382 e. The van der Waals surface area contributed by atoms with Gasteiger partial charge in [0.15, 0.2) is 0 Å². The van der Waals surface area contributed by atoms with Crippen LogP contribution >= 0.6 is 11.3 Å². The summed E-state index contributed by atoms with van der Waals surface area (Å²) in [5.41, 5.74) is 3.19. The average Bonchev–Trinajstić information content (AvgIpc) is 3.22. The number of fused-ring (bicyclic) bond motifs is 1. The average molecular weight is 387 g/mol. The van der Waals surface area contributed by atoms with Gasteiger partial charge in [-0.3, -0.25) is 14.9 Å². The lowest BCUT2D eigenvalue weighted by atomic mass is 10.1. The third-order valence-electron chi connectivity index (χ3n) is 4.30. The number of rotatable bonds is 9. The highest BCUT2D eigenvalue weighted by Crippen LogP contribution is 2.24. The Morgan fingerprint density at radius 3 is 2.89 bits per heavy atom. The summed E-state index contributed by atoms with van der Waals surface area (Å²) in [5, 5.41) is 3.93. The largest absolute Gasteiger partial charge is 0.382 e. The van der Waals surface area contributed by atoms with Crippen LogP contribution < -0.4 is 5.56 Å². The minimum absolute atomic E-state index is 0.0800. The summed E-state index contributed by atoms with van der Waals surface area (Å²) < 4.78 is 7.97. The molecule has 0 aliphatic carbocycles. The number of aliphatic imine (C=N–C) groups is 1. The molecule has 27 heavy (non-hydrogen) atoms. The first-order valence-corrected chi connectivity index (χ1v) is 10.3. The number of aryl methyl sites for hydroxylation is 1. The highest BCUT2D eigenvalue weighted by molar-refractivity contribution is 7.20. The Morgan fingerprint density at radius 1 is 1.33 bits per heavy atom. The first-order valence-electron chi connectivity index (χ1n) is 9.44. The molecule has 0 atom stereocenters. The van der Waals surface area contributed by atoms with E-state index in [2.05, 4.69) is 22.0 Å². The first-order chi connectivity index (χ1) is 13.2. The van der Waals surface area contributed by atoms with Crippen LogP contribution in [0.3, 0.4) is 0 Å². The summed E-state index contributed by atoms with van der Waals surface area (Å²) in [7, 11) is 0. The minimum atomic E-state index is -0.0800. The number of aromatic nitrogens is 3. The molecule has 0 aliphatic heterocycles. The molecule has 0 radical (unpaired) electrons. The Hall–Kier alpha value is -2.25. The second kappa shape index (κ2) is 9.10. The van der Waals surface area contributed by atoms with E-state index in [0.717, 1.165) is 40.9 Å². The van der Waals surface area contributed by atoms with E-state index in [4.69, 9.17) is 4.74 Å². The topological polar surface area (TPSA) is 72.3 Å². The van der Waals surface area contributed by atoms with Crippen LogP contribution in [0.15, 0.2) is 34.1 Å². The molecule has 0 fully saturated rings. The fraction of sp³-hybridized carbons (Fsp3) is 0.450. The monoisotopic (exact) mass is 386 g/mol. The highest BCUT2D eigenvalue weighted by atomic mass is 32.1. The molecular weight excluding hydrogens is 360 g/mol. The van der Waals surface area contributed by atoms with E-state index in [9.17, 15) is 4.79 Å². The van der Waals surface area contributed by atoms with E-state index >= 15 is 0 Å². The van der Waals surface area contributed by atoms with E-state index < -0.39 is 0 Å². The molecule has 3 rings (SSSR count). The van der Waals surface area contributed by atoms with Crippen molar-refractivity contribution in [1.82, 2.24) is 14.8 Å². The molecule has 2 aromatic heterocycles. The van der Waals surface area contributed by atoms with E-state index in [1.54, 1.807) is 4.68 Å². The lowest BCUT2D eigenvalue weighted by Gasteiger charge is -2.02. The van der Waals surface area contributed by atoms with Crippen molar-refractivity contribution in [3.63, 3.8) is 0 Å². The van der Waals surface area contributed by atoms with Crippen LogP contribution in [0.1, 0.15) is 44.9 Å². The lowest BCUT2D eigenvalue weighted by molar-refractivity contribution is 0.146. The molecule has 144 valence electrons. The summed E-state index contributed by atoms with van der Waals surface area (Å²) in [6.07, 6.45) is 2.60. The number of benzene rings is 1. The van der Waals surface area contributed by atoms with Crippen molar-refractivity contribution in [3.8, 4) is 5.13 Å². The van der Waals surface area contributed by atoms with Crippen LogP contribution in [0, 0.1) is 0 Å². The summed E-state index contributed by atoms with van der Waals surface area (Å²) in [5.74, 6) is 0. The van der Waals surface area contributed by atoms with Gasteiger partial charge < -0.3 is 4.74 Å². The molecule has 0 aliphatic rings. The van der Waals surface area contributed by atoms with Gasteiger partial charge in [-0.15, -0.1) is 0 Å². The zero-order chi connectivity index (χ0) is 19.2. The maximum absolute atomic E-state index is 13.1. The Balaban J connectivity index is 1.94. The number of aromatic amines is 1. The molecule has 0 bridgehead atoms. The van der Waals surface area contributed by atoms with E-state index in [1.165, 1.54) is 11.3 Å². The Bertz CT molecular complexity index is 950. The van der Waals surface area contributed by atoms with Crippen molar-refractivity contribution in [1.29, 1.82) is 0 Å². The molecule has 3 aromatic rings. The van der Waals surface area contributed by atoms with E-state index in [0.29, 0.717) is 30.5 Å². The normalized spacial score (nSPS) is 12.2. The van der Waals surface area contributed by atoms with Gasteiger partial charge in [0, 0.05) is 31.2 Å². The highest BCUT2D eigenvalue weighted by Gasteiger charge is 2.19. The van der Waals surface area contributed by atoms with Crippen molar-refractivity contribution in [3.05, 3.63) is 45.9 Å². The Morgan fingerprint density at radius 2 is 2.15 bits per heavy atom. The first kappa shape index (κ1) is 19.5.